The van der Waals surface area contributed by atoms with Gasteiger partial charge in [0.1, 0.15) is 0 Å². The van der Waals surface area contributed by atoms with Crippen LogP contribution in [0.15, 0.2) is 0 Å². The highest BCUT2D eigenvalue weighted by molar-refractivity contribution is 5.67. The molecule has 2 aliphatic heterocycles. The second-order valence-corrected chi connectivity index (χ2v) is 4.43. The number of fused-ring (bicyclic) bond motifs is 2. The van der Waals surface area contributed by atoms with Crippen molar-refractivity contribution in [3.63, 3.8) is 0 Å². The lowest BCUT2D eigenvalue weighted by molar-refractivity contribution is -0.138. The minimum atomic E-state index is -0.634. The molecule has 0 saturated carbocycles. The summed E-state index contributed by atoms with van der Waals surface area (Å²) in [5.74, 6) is -0.209. The van der Waals surface area contributed by atoms with Crippen molar-refractivity contribution in [2.45, 2.75) is 50.6 Å². The van der Waals surface area contributed by atoms with E-state index in [0.29, 0.717) is 24.4 Å². The SMILES string of the molecule is O=C(O)CC1CC2CCCC(C1)N2. The fourth-order valence-electron chi connectivity index (χ4n) is 2.80. The molecular weight excluding hydrogens is 166 g/mol. The minimum Gasteiger partial charge on any atom is -0.481 e. The molecule has 3 nitrogen and oxygen atoms in total. The van der Waals surface area contributed by atoms with E-state index < -0.39 is 5.97 Å². The predicted octanol–water partition coefficient (Wildman–Crippen LogP) is 1.38. The van der Waals surface area contributed by atoms with E-state index in [1.807, 2.05) is 0 Å². The van der Waals surface area contributed by atoms with E-state index in [1.165, 1.54) is 19.3 Å². The van der Waals surface area contributed by atoms with Crippen molar-refractivity contribution in [3.8, 4) is 0 Å². The molecule has 2 aliphatic rings. The van der Waals surface area contributed by atoms with Gasteiger partial charge >= 0.3 is 5.97 Å². The van der Waals surface area contributed by atoms with E-state index >= 15 is 0 Å². The van der Waals surface area contributed by atoms with Gasteiger partial charge < -0.3 is 10.4 Å². The number of aliphatic carboxylic acids is 1. The number of carboxylic acid groups (broad SMARTS) is 1. The molecule has 2 N–H and O–H groups in total. The quantitative estimate of drug-likeness (QED) is 0.680. The standard InChI is InChI=1S/C10H17NO2/c12-10(13)6-7-4-8-2-1-3-9(5-7)11-8/h7-9,11H,1-6H2,(H,12,13). The Morgan fingerprint density at radius 3 is 2.46 bits per heavy atom. The van der Waals surface area contributed by atoms with Crippen LogP contribution in [0.5, 0.6) is 0 Å². The van der Waals surface area contributed by atoms with E-state index in [2.05, 4.69) is 5.32 Å². The maximum absolute atomic E-state index is 10.6. The lowest BCUT2D eigenvalue weighted by atomic mass is 9.79. The second-order valence-electron chi connectivity index (χ2n) is 4.43. The number of piperidine rings is 2. The summed E-state index contributed by atoms with van der Waals surface area (Å²) in [5.41, 5.74) is 0. The van der Waals surface area contributed by atoms with Gasteiger partial charge in [0.05, 0.1) is 0 Å². The molecule has 13 heavy (non-hydrogen) atoms. The smallest absolute Gasteiger partial charge is 0.303 e. The summed E-state index contributed by atoms with van der Waals surface area (Å²) in [6.45, 7) is 0. The molecule has 2 fully saturated rings. The Morgan fingerprint density at radius 1 is 1.31 bits per heavy atom. The van der Waals surface area contributed by atoms with Crippen LogP contribution in [-0.4, -0.2) is 23.2 Å². The van der Waals surface area contributed by atoms with Gasteiger partial charge in [-0.3, -0.25) is 4.79 Å². The van der Waals surface area contributed by atoms with Crippen molar-refractivity contribution >= 4 is 5.97 Å². The molecule has 0 aromatic carbocycles. The largest absolute Gasteiger partial charge is 0.481 e. The molecule has 2 atom stereocenters. The lowest BCUT2D eigenvalue weighted by Gasteiger charge is -2.39. The van der Waals surface area contributed by atoms with Crippen molar-refractivity contribution in [3.05, 3.63) is 0 Å². The van der Waals surface area contributed by atoms with Crippen LogP contribution in [0, 0.1) is 5.92 Å². The van der Waals surface area contributed by atoms with Crippen LogP contribution in [0.2, 0.25) is 0 Å². The molecule has 0 amide bonds. The summed E-state index contributed by atoms with van der Waals surface area (Å²) in [6.07, 6.45) is 6.32. The molecule has 0 aliphatic carbocycles. The first kappa shape index (κ1) is 9.00. The van der Waals surface area contributed by atoms with Gasteiger partial charge in [-0.25, -0.2) is 0 Å². The molecule has 2 rings (SSSR count). The summed E-state index contributed by atoms with van der Waals surface area (Å²) in [7, 11) is 0. The Labute approximate surface area is 78.5 Å². The van der Waals surface area contributed by atoms with Gasteiger partial charge in [0.25, 0.3) is 0 Å². The molecule has 0 radical (unpaired) electrons. The molecule has 2 heterocycles. The Kier molecular flexibility index (Phi) is 2.54. The van der Waals surface area contributed by atoms with Crippen LogP contribution in [-0.2, 0) is 4.79 Å². The van der Waals surface area contributed by atoms with Crippen molar-refractivity contribution in [1.29, 1.82) is 0 Å². The summed E-state index contributed by atoms with van der Waals surface area (Å²) < 4.78 is 0. The number of rotatable bonds is 2. The highest BCUT2D eigenvalue weighted by Gasteiger charge is 2.31. The van der Waals surface area contributed by atoms with E-state index in [1.54, 1.807) is 0 Å². The first-order valence-electron chi connectivity index (χ1n) is 5.22. The fraction of sp³-hybridized carbons (Fsp3) is 0.900. The van der Waals surface area contributed by atoms with E-state index in [0.717, 1.165) is 12.8 Å². The summed E-state index contributed by atoms with van der Waals surface area (Å²) >= 11 is 0. The van der Waals surface area contributed by atoms with Crippen LogP contribution in [0.1, 0.15) is 38.5 Å². The highest BCUT2D eigenvalue weighted by Crippen LogP contribution is 2.31. The summed E-state index contributed by atoms with van der Waals surface area (Å²) in [6, 6.07) is 1.22. The van der Waals surface area contributed by atoms with Crippen LogP contribution >= 0.6 is 0 Å². The van der Waals surface area contributed by atoms with Crippen molar-refractivity contribution in [2.24, 2.45) is 5.92 Å². The number of hydrogen-bond acceptors (Lipinski definition) is 2. The van der Waals surface area contributed by atoms with Crippen LogP contribution in [0.25, 0.3) is 0 Å². The number of carbonyl (C=O) groups is 1. The molecule has 0 aromatic rings. The van der Waals surface area contributed by atoms with Crippen LogP contribution in [0.4, 0.5) is 0 Å². The zero-order chi connectivity index (χ0) is 9.26. The molecule has 2 saturated heterocycles. The maximum Gasteiger partial charge on any atom is 0.303 e. The van der Waals surface area contributed by atoms with Crippen molar-refractivity contribution in [1.82, 2.24) is 5.32 Å². The highest BCUT2D eigenvalue weighted by atomic mass is 16.4. The van der Waals surface area contributed by atoms with Gasteiger partial charge in [0.2, 0.25) is 0 Å². The number of hydrogen-bond donors (Lipinski definition) is 2. The van der Waals surface area contributed by atoms with Gasteiger partial charge in [-0.05, 0) is 31.6 Å². The van der Waals surface area contributed by atoms with E-state index in [-0.39, 0.29) is 0 Å². The van der Waals surface area contributed by atoms with Gasteiger partial charge in [-0.1, -0.05) is 6.42 Å². The van der Waals surface area contributed by atoms with Gasteiger partial charge in [-0.2, -0.15) is 0 Å². The molecule has 2 unspecified atom stereocenters. The number of carboxylic acids is 1. The third-order valence-electron chi connectivity index (χ3n) is 3.28. The molecule has 0 spiro atoms. The van der Waals surface area contributed by atoms with Crippen LogP contribution < -0.4 is 5.32 Å². The van der Waals surface area contributed by atoms with Gasteiger partial charge in [-0.15, -0.1) is 0 Å². The zero-order valence-corrected chi connectivity index (χ0v) is 7.83. The molecular formula is C10H17NO2. The minimum absolute atomic E-state index is 0.370. The monoisotopic (exact) mass is 183 g/mol. The Bertz CT molecular complexity index is 193. The zero-order valence-electron chi connectivity index (χ0n) is 7.83. The van der Waals surface area contributed by atoms with E-state index in [4.69, 9.17) is 5.11 Å². The Balaban J connectivity index is 1.90. The van der Waals surface area contributed by atoms with Gasteiger partial charge in [0, 0.05) is 18.5 Å². The fourth-order valence-corrected chi connectivity index (χ4v) is 2.80. The Hall–Kier alpha value is -0.570. The molecule has 0 aromatic heterocycles. The van der Waals surface area contributed by atoms with Crippen molar-refractivity contribution < 1.29 is 9.90 Å². The third-order valence-corrected chi connectivity index (χ3v) is 3.28. The molecule has 74 valence electrons. The topological polar surface area (TPSA) is 49.3 Å². The molecule has 3 heteroatoms. The normalized spacial score (nSPS) is 38.6. The average Bonchev–Trinajstić information content (AvgIpc) is 2.01. The average molecular weight is 183 g/mol. The lowest BCUT2D eigenvalue weighted by Crippen LogP contribution is -2.48. The third kappa shape index (κ3) is 2.21. The van der Waals surface area contributed by atoms with E-state index in [9.17, 15) is 4.79 Å². The first-order chi connectivity index (χ1) is 6.24. The Morgan fingerprint density at radius 2 is 1.92 bits per heavy atom. The van der Waals surface area contributed by atoms with Gasteiger partial charge in [0.15, 0.2) is 0 Å². The first-order valence-corrected chi connectivity index (χ1v) is 5.22. The summed E-state index contributed by atoms with van der Waals surface area (Å²) in [4.78, 5) is 10.6. The predicted molar refractivity (Wildman–Crippen MR) is 49.5 cm³/mol. The second kappa shape index (κ2) is 3.66. The summed E-state index contributed by atoms with van der Waals surface area (Å²) in [5, 5.41) is 12.3. The van der Waals surface area contributed by atoms with Crippen LogP contribution in [0.3, 0.4) is 0 Å². The maximum atomic E-state index is 10.6. The number of nitrogens with one attached hydrogen (secondary N) is 1. The molecule has 2 bridgehead atoms. The van der Waals surface area contributed by atoms with Crippen molar-refractivity contribution in [2.75, 3.05) is 0 Å².